The van der Waals surface area contributed by atoms with Gasteiger partial charge in [-0.3, -0.25) is 24.6 Å². The number of nitrogens with zero attached hydrogens (tertiary/aromatic N) is 2. The molecule has 21 heavy (non-hydrogen) atoms. The van der Waals surface area contributed by atoms with Crippen LogP contribution in [0.3, 0.4) is 0 Å². The lowest BCUT2D eigenvalue weighted by molar-refractivity contribution is -0.145. The van der Waals surface area contributed by atoms with Crippen LogP contribution in [0.25, 0.3) is 0 Å². The van der Waals surface area contributed by atoms with Crippen molar-refractivity contribution in [3.63, 3.8) is 0 Å². The Morgan fingerprint density at radius 1 is 1.19 bits per heavy atom. The minimum Gasteiger partial charge on any atom is -0.468 e. The number of hydrogen-bond donors (Lipinski definition) is 1. The molecule has 1 aromatic rings. The number of methoxy groups -OCH3 is 2. The number of rotatable bonds is 7. The summed E-state index contributed by atoms with van der Waals surface area (Å²) in [7, 11) is 2.44. The zero-order chi connectivity index (χ0) is 15.8. The lowest BCUT2D eigenvalue weighted by Crippen LogP contribution is -2.40. The molecule has 9 nitrogen and oxygen atoms in total. The monoisotopic (exact) mass is 299 g/mol. The number of carbonyl (C=O) groups excluding carboxylic acids is 3. The van der Waals surface area contributed by atoms with Crippen molar-refractivity contribution < 1.29 is 28.4 Å². The molecule has 1 N–H and O–H groups in total. The molecule has 0 saturated carbocycles. The average molecular weight is 299 g/mol. The van der Waals surface area contributed by atoms with Crippen LogP contribution in [0.1, 0.15) is 5.69 Å². The van der Waals surface area contributed by atoms with Crippen LogP contribution in [-0.4, -0.2) is 61.8 Å². The molecule has 0 aliphatic heterocycles. The predicted octanol–water partition coefficient (Wildman–Crippen LogP) is -0.430. The highest BCUT2D eigenvalue weighted by Gasteiger charge is 2.19. The Labute approximate surface area is 121 Å². The van der Waals surface area contributed by atoms with Gasteiger partial charge in [0.1, 0.15) is 0 Å². The molecule has 0 saturated heterocycles. The van der Waals surface area contributed by atoms with Crippen LogP contribution >= 0.6 is 0 Å². The summed E-state index contributed by atoms with van der Waals surface area (Å²) in [6.45, 7) is 1.08. The number of anilines is 1. The summed E-state index contributed by atoms with van der Waals surface area (Å²) in [5, 5.41) is 6.08. The lowest BCUT2D eigenvalue weighted by atomic mass is 10.4. The fourth-order valence-corrected chi connectivity index (χ4v) is 1.46. The number of aromatic nitrogens is 1. The third-order valence-corrected chi connectivity index (χ3v) is 2.42. The largest absolute Gasteiger partial charge is 0.468 e. The van der Waals surface area contributed by atoms with E-state index in [1.54, 1.807) is 13.0 Å². The van der Waals surface area contributed by atoms with Crippen molar-refractivity contribution in [2.24, 2.45) is 0 Å². The van der Waals surface area contributed by atoms with Gasteiger partial charge in [0.2, 0.25) is 11.8 Å². The Kier molecular flexibility index (Phi) is 6.34. The Morgan fingerprint density at radius 3 is 2.19 bits per heavy atom. The van der Waals surface area contributed by atoms with Crippen LogP contribution in [0.4, 0.5) is 5.88 Å². The summed E-state index contributed by atoms with van der Waals surface area (Å²) >= 11 is 0. The van der Waals surface area contributed by atoms with Gasteiger partial charge in [-0.2, -0.15) is 0 Å². The molecule has 1 rings (SSSR count). The van der Waals surface area contributed by atoms with E-state index in [1.165, 1.54) is 19.1 Å². The van der Waals surface area contributed by atoms with E-state index in [1.807, 2.05) is 0 Å². The molecular formula is C12H17N3O6. The molecular weight excluding hydrogens is 282 g/mol. The molecule has 9 heteroatoms. The van der Waals surface area contributed by atoms with Crippen LogP contribution < -0.4 is 5.32 Å². The molecule has 0 atom stereocenters. The van der Waals surface area contributed by atoms with Crippen molar-refractivity contribution >= 4 is 23.7 Å². The number of carbonyl (C=O) groups is 3. The van der Waals surface area contributed by atoms with Gasteiger partial charge in [0.05, 0.1) is 39.5 Å². The Hall–Kier alpha value is -2.42. The molecule has 1 heterocycles. The van der Waals surface area contributed by atoms with Crippen molar-refractivity contribution in [3.05, 3.63) is 11.8 Å². The topological polar surface area (TPSA) is 111 Å². The maximum Gasteiger partial charge on any atom is 0.319 e. The standard InChI is InChI=1S/C12H17N3O6/c1-8-4-10(21-14-8)13-9(16)5-15(6-11(17)19-2)7-12(18)20-3/h4H,5-7H2,1-3H3,(H,13,16). The van der Waals surface area contributed by atoms with Crippen molar-refractivity contribution in [2.45, 2.75) is 6.92 Å². The number of esters is 2. The van der Waals surface area contributed by atoms with Gasteiger partial charge >= 0.3 is 11.9 Å². The van der Waals surface area contributed by atoms with E-state index in [2.05, 4.69) is 19.9 Å². The third kappa shape index (κ3) is 6.04. The van der Waals surface area contributed by atoms with Gasteiger partial charge < -0.3 is 14.0 Å². The highest BCUT2D eigenvalue weighted by molar-refractivity contribution is 5.91. The van der Waals surface area contributed by atoms with E-state index in [4.69, 9.17) is 4.52 Å². The van der Waals surface area contributed by atoms with Crippen LogP contribution in [0.5, 0.6) is 0 Å². The number of amides is 1. The van der Waals surface area contributed by atoms with Gasteiger partial charge in [-0.15, -0.1) is 0 Å². The second-order valence-electron chi connectivity index (χ2n) is 4.18. The molecule has 116 valence electrons. The molecule has 0 aliphatic carbocycles. The second-order valence-corrected chi connectivity index (χ2v) is 4.18. The summed E-state index contributed by atoms with van der Waals surface area (Å²) in [6, 6.07) is 1.54. The quantitative estimate of drug-likeness (QED) is 0.675. The van der Waals surface area contributed by atoms with Crippen molar-refractivity contribution in [3.8, 4) is 0 Å². The SMILES string of the molecule is COC(=O)CN(CC(=O)Nc1cc(C)no1)CC(=O)OC. The summed E-state index contributed by atoms with van der Waals surface area (Å²) in [5.74, 6) is -1.41. The van der Waals surface area contributed by atoms with Crippen molar-refractivity contribution in [1.82, 2.24) is 10.1 Å². The van der Waals surface area contributed by atoms with E-state index in [0.29, 0.717) is 5.69 Å². The normalized spacial score (nSPS) is 10.3. The van der Waals surface area contributed by atoms with E-state index in [9.17, 15) is 14.4 Å². The molecule has 0 spiro atoms. The van der Waals surface area contributed by atoms with E-state index < -0.39 is 17.8 Å². The van der Waals surface area contributed by atoms with Gasteiger partial charge in [-0.05, 0) is 6.92 Å². The minimum absolute atomic E-state index is 0.189. The van der Waals surface area contributed by atoms with Crippen molar-refractivity contribution in [1.29, 1.82) is 0 Å². The summed E-state index contributed by atoms with van der Waals surface area (Å²) in [5.41, 5.74) is 0.617. The van der Waals surface area contributed by atoms with E-state index in [0.717, 1.165) is 0 Å². The number of aryl methyl sites for hydroxylation is 1. The van der Waals surface area contributed by atoms with Gasteiger partial charge in [0.25, 0.3) is 0 Å². The predicted molar refractivity (Wildman–Crippen MR) is 70.3 cm³/mol. The van der Waals surface area contributed by atoms with Crippen LogP contribution in [0.15, 0.2) is 10.6 Å². The first-order valence-electron chi connectivity index (χ1n) is 6.03. The Bertz CT molecular complexity index is 495. The fraction of sp³-hybridized carbons (Fsp3) is 0.500. The van der Waals surface area contributed by atoms with Gasteiger partial charge in [0.15, 0.2) is 0 Å². The maximum atomic E-state index is 11.8. The summed E-state index contributed by atoms with van der Waals surface area (Å²) in [6.07, 6.45) is 0. The molecule has 0 aliphatic rings. The minimum atomic E-state index is -0.567. The molecule has 0 radical (unpaired) electrons. The van der Waals surface area contributed by atoms with E-state index >= 15 is 0 Å². The Morgan fingerprint density at radius 2 is 1.76 bits per heavy atom. The first kappa shape index (κ1) is 16.6. The van der Waals surface area contributed by atoms with Gasteiger partial charge in [-0.1, -0.05) is 5.16 Å². The number of hydrogen-bond acceptors (Lipinski definition) is 8. The van der Waals surface area contributed by atoms with Crippen LogP contribution in [0.2, 0.25) is 0 Å². The fourth-order valence-electron chi connectivity index (χ4n) is 1.46. The third-order valence-electron chi connectivity index (χ3n) is 2.42. The molecule has 0 unspecified atom stereocenters. The van der Waals surface area contributed by atoms with Gasteiger partial charge in [-0.25, -0.2) is 0 Å². The highest BCUT2D eigenvalue weighted by Crippen LogP contribution is 2.08. The number of ether oxygens (including phenoxy) is 2. The maximum absolute atomic E-state index is 11.8. The smallest absolute Gasteiger partial charge is 0.319 e. The first-order valence-corrected chi connectivity index (χ1v) is 6.03. The van der Waals surface area contributed by atoms with Gasteiger partial charge in [0, 0.05) is 6.07 Å². The molecule has 0 bridgehead atoms. The first-order chi connectivity index (χ1) is 9.94. The summed E-state index contributed by atoms with van der Waals surface area (Å²) < 4.78 is 13.8. The zero-order valence-corrected chi connectivity index (χ0v) is 12.0. The molecule has 0 aromatic carbocycles. The number of nitrogens with one attached hydrogen (secondary N) is 1. The van der Waals surface area contributed by atoms with Crippen LogP contribution in [-0.2, 0) is 23.9 Å². The Balaban J connectivity index is 2.59. The summed E-state index contributed by atoms with van der Waals surface area (Å²) in [4.78, 5) is 35.6. The lowest BCUT2D eigenvalue weighted by Gasteiger charge is -2.18. The highest BCUT2D eigenvalue weighted by atomic mass is 16.5. The zero-order valence-electron chi connectivity index (χ0n) is 12.0. The molecule has 0 fully saturated rings. The second kappa shape index (κ2) is 8.00. The molecule has 1 amide bonds. The van der Waals surface area contributed by atoms with E-state index in [-0.39, 0.29) is 25.5 Å². The average Bonchev–Trinajstić information content (AvgIpc) is 2.83. The van der Waals surface area contributed by atoms with Crippen LogP contribution in [0, 0.1) is 6.92 Å². The molecule has 1 aromatic heterocycles. The van der Waals surface area contributed by atoms with Crippen molar-refractivity contribution in [2.75, 3.05) is 39.2 Å².